The van der Waals surface area contributed by atoms with Gasteiger partial charge in [-0.1, -0.05) is 69.9 Å². The Kier molecular flexibility index (Phi) is 8.94. The third kappa shape index (κ3) is 6.97. The van der Waals surface area contributed by atoms with E-state index in [0.717, 1.165) is 18.3 Å². The summed E-state index contributed by atoms with van der Waals surface area (Å²) >= 11 is 0. The largest absolute Gasteiger partial charge is 0.427 e. The van der Waals surface area contributed by atoms with Crippen LogP contribution in [0.3, 0.4) is 0 Å². The number of allylic oxidation sites excluding steroid dienone is 2. The molecule has 1 aliphatic carbocycles. The van der Waals surface area contributed by atoms with Crippen LogP contribution in [0.4, 0.5) is 0 Å². The number of ether oxygens (including phenoxy) is 1. The quantitative estimate of drug-likeness (QED) is 0.257. The van der Waals surface area contributed by atoms with Crippen molar-refractivity contribution in [3.05, 3.63) is 42.0 Å². The molecular weight excluding hydrogens is 320 g/mol. The lowest BCUT2D eigenvalue weighted by Gasteiger charge is -2.26. The summed E-state index contributed by atoms with van der Waals surface area (Å²) < 4.78 is 5.39. The number of rotatable bonds is 10. The lowest BCUT2D eigenvalue weighted by Crippen LogP contribution is -2.14. The van der Waals surface area contributed by atoms with Crippen molar-refractivity contribution in [3.63, 3.8) is 0 Å². The van der Waals surface area contributed by atoms with Gasteiger partial charge in [-0.2, -0.15) is 0 Å². The Labute approximate surface area is 160 Å². The summed E-state index contributed by atoms with van der Waals surface area (Å²) in [5, 5.41) is 0. The van der Waals surface area contributed by atoms with Gasteiger partial charge in [-0.3, -0.25) is 4.79 Å². The number of hydrogen-bond donors (Lipinski definition) is 0. The van der Waals surface area contributed by atoms with Gasteiger partial charge in [-0.15, -0.1) is 0 Å². The van der Waals surface area contributed by atoms with Crippen LogP contribution in [0.25, 0.3) is 0 Å². The minimum absolute atomic E-state index is 0.123. The third-order valence-electron chi connectivity index (χ3n) is 6.08. The smallest absolute Gasteiger partial charge is 0.311 e. The highest BCUT2D eigenvalue weighted by Crippen LogP contribution is 2.33. The van der Waals surface area contributed by atoms with Crippen LogP contribution in [0.1, 0.15) is 78.6 Å². The van der Waals surface area contributed by atoms with E-state index in [4.69, 9.17) is 4.74 Å². The second kappa shape index (κ2) is 11.2. The number of benzene rings is 1. The molecule has 0 aromatic heterocycles. The Morgan fingerprint density at radius 3 is 2.50 bits per heavy atom. The Morgan fingerprint density at radius 2 is 1.88 bits per heavy atom. The summed E-state index contributed by atoms with van der Waals surface area (Å²) in [6.45, 7) is 6.89. The molecule has 0 aliphatic heterocycles. The third-order valence-corrected chi connectivity index (χ3v) is 6.08. The second-order valence-corrected chi connectivity index (χ2v) is 7.91. The fourth-order valence-corrected chi connectivity index (χ4v) is 3.98. The van der Waals surface area contributed by atoms with E-state index in [0.29, 0.717) is 18.1 Å². The molecule has 2 rings (SSSR count). The fraction of sp³-hybridized carbons (Fsp3) is 0.625. The molecule has 0 fully saturated rings. The summed E-state index contributed by atoms with van der Waals surface area (Å²) in [6.07, 6.45) is 13.0. The van der Waals surface area contributed by atoms with Crippen molar-refractivity contribution in [3.8, 4) is 5.75 Å². The predicted octanol–water partition coefficient (Wildman–Crippen LogP) is 6.95. The molecule has 26 heavy (non-hydrogen) atoms. The number of hydrogen-bond acceptors (Lipinski definition) is 2. The topological polar surface area (TPSA) is 26.3 Å². The van der Waals surface area contributed by atoms with E-state index in [2.05, 4.69) is 26.8 Å². The predicted molar refractivity (Wildman–Crippen MR) is 109 cm³/mol. The molecule has 0 spiro atoms. The first-order valence-corrected chi connectivity index (χ1v) is 10.6. The highest BCUT2D eigenvalue weighted by molar-refractivity contribution is 5.72. The van der Waals surface area contributed by atoms with Gasteiger partial charge < -0.3 is 4.74 Å². The molecule has 0 heterocycles. The zero-order chi connectivity index (χ0) is 18.8. The fourth-order valence-electron chi connectivity index (χ4n) is 3.98. The molecular formula is C24H36O2. The van der Waals surface area contributed by atoms with Gasteiger partial charge in [0.15, 0.2) is 0 Å². The molecule has 0 saturated heterocycles. The summed E-state index contributed by atoms with van der Waals surface area (Å²) in [4.78, 5) is 12.0. The Hall–Kier alpha value is -1.57. The minimum Gasteiger partial charge on any atom is -0.427 e. The van der Waals surface area contributed by atoms with E-state index in [1.54, 1.807) is 5.57 Å². The lowest BCUT2D eigenvalue weighted by atomic mass is 9.80. The maximum absolute atomic E-state index is 12.0. The highest BCUT2D eigenvalue weighted by atomic mass is 16.5. The Bertz CT molecular complexity index is 557. The van der Waals surface area contributed by atoms with Crippen LogP contribution in [0.5, 0.6) is 5.75 Å². The number of para-hydroxylation sites is 1. The van der Waals surface area contributed by atoms with Gasteiger partial charge in [0.2, 0.25) is 0 Å². The first-order chi connectivity index (χ1) is 12.6. The van der Waals surface area contributed by atoms with Crippen LogP contribution in [0.2, 0.25) is 0 Å². The van der Waals surface area contributed by atoms with E-state index in [9.17, 15) is 4.79 Å². The van der Waals surface area contributed by atoms with Gasteiger partial charge in [0.25, 0.3) is 0 Å². The zero-order valence-electron chi connectivity index (χ0n) is 16.9. The first-order valence-electron chi connectivity index (χ1n) is 10.6. The monoisotopic (exact) mass is 356 g/mol. The first kappa shape index (κ1) is 20.7. The molecule has 144 valence electrons. The van der Waals surface area contributed by atoms with Gasteiger partial charge in [-0.05, 0) is 62.0 Å². The molecule has 2 unspecified atom stereocenters. The van der Waals surface area contributed by atoms with Crippen LogP contribution in [0, 0.1) is 17.8 Å². The van der Waals surface area contributed by atoms with E-state index in [-0.39, 0.29) is 5.97 Å². The van der Waals surface area contributed by atoms with E-state index >= 15 is 0 Å². The van der Waals surface area contributed by atoms with Gasteiger partial charge in [0.1, 0.15) is 5.75 Å². The van der Waals surface area contributed by atoms with E-state index in [1.807, 2.05) is 30.3 Å². The molecule has 0 radical (unpaired) electrons. The van der Waals surface area contributed by atoms with Crippen LogP contribution >= 0.6 is 0 Å². The Morgan fingerprint density at radius 1 is 1.15 bits per heavy atom. The number of esters is 1. The normalized spacial score (nSPS) is 18.5. The maximum Gasteiger partial charge on any atom is 0.311 e. The zero-order valence-corrected chi connectivity index (χ0v) is 16.9. The molecule has 0 saturated carbocycles. The van der Waals surface area contributed by atoms with Crippen molar-refractivity contribution in [2.75, 3.05) is 0 Å². The van der Waals surface area contributed by atoms with Crippen molar-refractivity contribution in [1.82, 2.24) is 0 Å². The van der Waals surface area contributed by atoms with Crippen LogP contribution in [-0.2, 0) is 4.79 Å². The van der Waals surface area contributed by atoms with Crippen molar-refractivity contribution in [2.24, 2.45) is 17.8 Å². The molecule has 1 aliphatic rings. The average Bonchev–Trinajstić information content (AvgIpc) is 2.68. The van der Waals surface area contributed by atoms with Crippen molar-refractivity contribution < 1.29 is 9.53 Å². The molecule has 1 aromatic carbocycles. The molecule has 2 heteroatoms. The van der Waals surface area contributed by atoms with Gasteiger partial charge >= 0.3 is 5.97 Å². The summed E-state index contributed by atoms with van der Waals surface area (Å²) in [7, 11) is 0. The molecule has 0 bridgehead atoms. The molecule has 2 nitrogen and oxygen atoms in total. The highest BCUT2D eigenvalue weighted by Gasteiger charge is 2.19. The van der Waals surface area contributed by atoms with Crippen LogP contribution in [0.15, 0.2) is 42.0 Å². The summed E-state index contributed by atoms with van der Waals surface area (Å²) in [5.74, 6) is 2.78. The van der Waals surface area contributed by atoms with Gasteiger partial charge in [-0.25, -0.2) is 0 Å². The number of carbonyl (C=O) groups excluding carboxylic acids is 1. The van der Waals surface area contributed by atoms with Crippen molar-refractivity contribution in [2.45, 2.75) is 78.6 Å². The van der Waals surface area contributed by atoms with E-state index < -0.39 is 0 Å². The molecule has 2 atom stereocenters. The maximum atomic E-state index is 12.0. The van der Waals surface area contributed by atoms with Crippen molar-refractivity contribution in [1.29, 1.82) is 0 Å². The molecule has 0 amide bonds. The summed E-state index contributed by atoms with van der Waals surface area (Å²) in [6, 6.07) is 9.35. The van der Waals surface area contributed by atoms with E-state index in [1.165, 1.54) is 44.9 Å². The lowest BCUT2D eigenvalue weighted by molar-refractivity contribution is -0.134. The van der Waals surface area contributed by atoms with Gasteiger partial charge in [0, 0.05) is 6.42 Å². The SMILES string of the molecule is CCC(CC)CCC1CC=C(C(C)CCC(=O)Oc2ccccc2)CC1. The Balaban J connectivity index is 1.69. The average molecular weight is 357 g/mol. The summed E-state index contributed by atoms with van der Waals surface area (Å²) in [5.41, 5.74) is 1.55. The molecule has 1 aromatic rings. The van der Waals surface area contributed by atoms with Gasteiger partial charge in [0.05, 0.1) is 0 Å². The molecule has 0 N–H and O–H groups in total. The van der Waals surface area contributed by atoms with Crippen LogP contribution < -0.4 is 4.74 Å². The van der Waals surface area contributed by atoms with Crippen molar-refractivity contribution >= 4 is 5.97 Å². The number of carbonyl (C=O) groups is 1. The second-order valence-electron chi connectivity index (χ2n) is 7.91. The standard InChI is InChI=1S/C24H36O2/c1-4-20(5-2)12-13-21-14-16-22(17-15-21)19(3)11-18-24(25)26-23-9-7-6-8-10-23/h6-10,16,19-21H,4-5,11-15,17-18H2,1-3H3. The van der Waals surface area contributed by atoms with Crippen LogP contribution in [-0.4, -0.2) is 5.97 Å². The minimum atomic E-state index is -0.123.